The molecular weight excluding hydrogens is 584 g/mol. The van der Waals surface area contributed by atoms with Crippen LogP contribution >= 0.6 is 21.6 Å². The lowest BCUT2D eigenvalue weighted by molar-refractivity contribution is -0.113. The van der Waals surface area contributed by atoms with Crippen LogP contribution in [-0.2, 0) is 23.7 Å². The molecule has 0 unspecified atom stereocenters. The number of fused-ring (bicyclic) bond motifs is 1. The number of carbonyl (C=O) groups excluding carboxylic acids is 2. The molecule has 0 radical (unpaired) electrons. The van der Waals surface area contributed by atoms with E-state index >= 15 is 0 Å². The van der Waals surface area contributed by atoms with E-state index in [1.807, 2.05) is 6.08 Å². The van der Waals surface area contributed by atoms with E-state index in [4.69, 9.17) is 37.6 Å². The second kappa shape index (κ2) is 16.2. The number of furan rings is 1. The first-order chi connectivity index (χ1) is 20.3. The highest BCUT2D eigenvalue weighted by molar-refractivity contribution is 8.76. The van der Waals surface area contributed by atoms with Gasteiger partial charge in [0.25, 0.3) is 0 Å². The molecule has 0 amide bonds. The molecule has 0 fully saturated rings. The van der Waals surface area contributed by atoms with E-state index in [9.17, 15) is 9.59 Å². The molecule has 1 aliphatic heterocycles. The largest absolute Gasteiger partial charge is 0.495 e. The number of ether oxygens (including phenoxy) is 7. The molecule has 42 heavy (non-hydrogen) atoms. The molecule has 0 aliphatic carbocycles. The van der Waals surface area contributed by atoms with Crippen molar-refractivity contribution in [3.63, 3.8) is 0 Å². The Hall–Kier alpha value is -3.48. The standard InChI is InChI=1S/C30H36O10S2/c1-18(31)24(26(34-5)21-9-8-11-38-23(21)17-33-4)20(3)37-13-15-41-42-16-14-40-29-25(19(2)32)27(35-6)22-10-12-39-28(22)30(29)36-7/h8,10-12H,3,9,13-17H2,1-2,4-7H3/b26-24+. The number of Topliss-reactive ketones (excluding diaryl/α,β-unsaturated/α-hetero) is 2. The number of carbonyl (C=O) groups is 2. The predicted octanol–water partition coefficient (Wildman–Crippen LogP) is 6.27. The van der Waals surface area contributed by atoms with E-state index in [0.29, 0.717) is 76.3 Å². The molecule has 2 aromatic rings. The van der Waals surface area contributed by atoms with E-state index < -0.39 is 0 Å². The third kappa shape index (κ3) is 7.67. The summed E-state index contributed by atoms with van der Waals surface area (Å²) >= 11 is 0. The molecule has 1 aliphatic rings. The van der Waals surface area contributed by atoms with Gasteiger partial charge in [-0.3, -0.25) is 9.59 Å². The van der Waals surface area contributed by atoms with Crippen LogP contribution in [0.15, 0.2) is 64.1 Å². The fraction of sp³-hybridized carbons (Fsp3) is 0.400. The zero-order chi connectivity index (χ0) is 30.6. The summed E-state index contributed by atoms with van der Waals surface area (Å²) in [5, 5.41) is 0.634. The van der Waals surface area contributed by atoms with Crippen LogP contribution in [0.4, 0.5) is 0 Å². The smallest absolute Gasteiger partial charge is 0.205 e. The lowest BCUT2D eigenvalue weighted by Gasteiger charge is -2.21. The summed E-state index contributed by atoms with van der Waals surface area (Å²) < 4.78 is 44.9. The van der Waals surface area contributed by atoms with Gasteiger partial charge in [0, 0.05) is 30.6 Å². The van der Waals surface area contributed by atoms with Crippen molar-refractivity contribution >= 4 is 44.1 Å². The lowest BCUT2D eigenvalue weighted by atomic mass is 10.00. The van der Waals surface area contributed by atoms with Gasteiger partial charge in [-0.2, -0.15) is 0 Å². The van der Waals surface area contributed by atoms with Gasteiger partial charge in [0.2, 0.25) is 5.75 Å². The van der Waals surface area contributed by atoms with Gasteiger partial charge < -0.3 is 37.6 Å². The van der Waals surface area contributed by atoms with Crippen LogP contribution < -0.4 is 14.2 Å². The topological polar surface area (TPSA) is 112 Å². The summed E-state index contributed by atoms with van der Waals surface area (Å²) in [5.74, 6) is 2.94. The van der Waals surface area contributed by atoms with Crippen molar-refractivity contribution in [3.05, 3.63) is 65.2 Å². The number of ketones is 2. The van der Waals surface area contributed by atoms with Gasteiger partial charge in [-0.25, -0.2) is 0 Å². The molecule has 10 nitrogen and oxygen atoms in total. The van der Waals surface area contributed by atoms with Crippen molar-refractivity contribution in [1.82, 2.24) is 0 Å². The van der Waals surface area contributed by atoms with Gasteiger partial charge in [0.05, 0.1) is 52.5 Å². The zero-order valence-corrected chi connectivity index (χ0v) is 26.3. The molecule has 228 valence electrons. The highest BCUT2D eigenvalue weighted by Gasteiger charge is 2.27. The van der Waals surface area contributed by atoms with Crippen LogP contribution in [0.1, 0.15) is 30.6 Å². The molecule has 0 atom stereocenters. The molecule has 3 rings (SSSR count). The van der Waals surface area contributed by atoms with Crippen molar-refractivity contribution in [1.29, 1.82) is 0 Å². The number of methoxy groups -OCH3 is 4. The Bertz CT molecular complexity index is 1390. The number of hydrogen-bond acceptors (Lipinski definition) is 12. The Labute approximate surface area is 253 Å². The summed E-state index contributed by atoms with van der Waals surface area (Å²) in [7, 11) is 9.20. The molecule has 0 N–H and O–H groups in total. The van der Waals surface area contributed by atoms with E-state index in [1.54, 1.807) is 41.0 Å². The fourth-order valence-corrected chi connectivity index (χ4v) is 6.01. The summed E-state index contributed by atoms with van der Waals surface area (Å²) in [4.78, 5) is 25.1. The van der Waals surface area contributed by atoms with Gasteiger partial charge in [-0.05, 0) is 26.0 Å². The third-order valence-corrected chi connectivity index (χ3v) is 8.39. The summed E-state index contributed by atoms with van der Waals surface area (Å²) in [6.45, 7) is 7.72. The van der Waals surface area contributed by atoms with Crippen LogP contribution in [-0.4, -0.2) is 71.3 Å². The quantitative estimate of drug-likeness (QED) is 0.0468. The minimum absolute atomic E-state index is 0.211. The highest BCUT2D eigenvalue weighted by Crippen LogP contribution is 2.46. The first-order valence-corrected chi connectivity index (χ1v) is 15.5. The second-order valence-electron chi connectivity index (χ2n) is 8.75. The average Bonchev–Trinajstić information content (AvgIpc) is 3.46. The molecule has 2 heterocycles. The van der Waals surface area contributed by atoms with Crippen molar-refractivity contribution in [2.75, 3.05) is 59.8 Å². The summed E-state index contributed by atoms with van der Waals surface area (Å²) in [5.41, 5.74) is 1.71. The molecule has 0 bridgehead atoms. The molecule has 1 aromatic carbocycles. The van der Waals surface area contributed by atoms with Gasteiger partial charge in [0.1, 0.15) is 40.8 Å². The summed E-state index contributed by atoms with van der Waals surface area (Å²) in [6.07, 6.45) is 5.43. The van der Waals surface area contributed by atoms with E-state index in [1.165, 1.54) is 41.4 Å². The van der Waals surface area contributed by atoms with Crippen LogP contribution in [0, 0.1) is 0 Å². The highest BCUT2D eigenvalue weighted by atomic mass is 33.1. The van der Waals surface area contributed by atoms with Gasteiger partial charge in [-0.15, -0.1) is 0 Å². The molecule has 0 spiro atoms. The van der Waals surface area contributed by atoms with Crippen LogP contribution in [0.3, 0.4) is 0 Å². The van der Waals surface area contributed by atoms with Gasteiger partial charge in [-0.1, -0.05) is 28.2 Å². The van der Waals surface area contributed by atoms with Crippen molar-refractivity contribution in [3.8, 4) is 17.2 Å². The second-order valence-corrected chi connectivity index (χ2v) is 11.4. The molecule has 1 aromatic heterocycles. The predicted molar refractivity (Wildman–Crippen MR) is 163 cm³/mol. The molecule has 0 saturated heterocycles. The Kier molecular flexibility index (Phi) is 12.8. The molecule has 0 saturated carbocycles. The maximum Gasteiger partial charge on any atom is 0.205 e. The number of rotatable bonds is 18. The Morgan fingerprint density at radius 2 is 1.71 bits per heavy atom. The minimum atomic E-state index is -0.237. The van der Waals surface area contributed by atoms with Crippen molar-refractivity contribution < 1.29 is 47.2 Å². The van der Waals surface area contributed by atoms with Crippen LogP contribution in [0.25, 0.3) is 11.0 Å². The summed E-state index contributed by atoms with van der Waals surface area (Å²) in [6, 6.07) is 1.72. The van der Waals surface area contributed by atoms with Gasteiger partial charge in [0.15, 0.2) is 22.9 Å². The van der Waals surface area contributed by atoms with Gasteiger partial charge >= 0.3 is 0 Å². The first-order valence-electron chi connectivity index (χ1n) is 13.0. The Balaban J connectivity index is 1.56. The van der Waals surface area contributed by atoms with E-state index in [-0.39, 0.29) is 35.3 Å². The molecule has 12 heteroatoms. The SMILES string of the molecule is C=C(OCCSSCCOc1c(C(C)=O)c(OC)c2ccoc2c1OC)/C(C(C)=O)=C(/OC)C1=C(COC)OC=CC1. The molecular formula is C30H36O10S2. The number of benzene rings is 1. The van der Waals surface area contributed by atoms with Crippen LogP contribution in [0.2, 0.25) is 0 Å². The average molecular weight is 621 g/mol. The monoisotopic (exact) mass is 620 g/mol. The van der Waals surface area contributed by atoms with Crippen molar-refractivity contribution in [2.24, 2.45) is 0 Å². The maximum atomic E-state index is 12.6. The number of allylic oxidation sites excluding steroid dienone is 3. The van der Waals surface area contributed by atoms with E-state index in [0.717, 1.165) is 0 Å². The zero-order valence-electron chi connectivity index (χ0n) is 24.7. The normalized spacial score (nSPS) is 13.4. The lowest BCUT2D eigenvalue weighted by Crippen LogP contribution is -2.14. The first kappa shape index (κ1) is 33.0. The Morgan fingerprint density at radius 1 is 1.00 bits per heavy atom. The Morgan fingerprint density at radius 3 is 2.33 bits per heavy atom. The van der Waals surface area contributed by atoms with Crippen molar-refractivity contribution in [2.45, 2.75) is 20.3 Å². The van der Waals surface area contributed by atoms with Crippen LogP contribution in [0.5, 0.6) is 17.2 Å². The minimum Gasteiger partial charge on any atom is -0.495 e. The third-order valence-electron chi connectivity index (χ3n) is 6.05. The van der Waals surface area contributed by atoms with E-state index in [2.05, 4.69) is 6.58 Å². The fourth-order valence-electron chi connectivity index (χ4n) is 4.35. The maximum absolute atomic E-state index is 12.6. The number of hydrogen-bond donors (Lipinski definition) is 0.